The van der Waals surface area contributed by atoms with E-state index in [0.717, 1.165) is 6.26 Å². The van der Waals surface area contributed by atoms with Crippen LogP contribution in [0.4, 0.5) is 0 Å². The lowest BCUT2D eigenvalue weighted by Crippen LogP contribution is -2.38. The summed E-state index contributed by atoms with van der Waals surface area (Å²) in [5, 5.41) is 2.66. The van der Waals surface area contributed by atoms with E-state index in [1.807, 2.05) is 13.8 Å². The lowest BCUT2D eigenvalue weighted by molar-refractivity contribution is -0.147. The zero-order valence-corrected chi connectivity index (χ0v) is 12.0. The van der Waals surface area contributed by atoms with Crippen LogP contribution in [0.1, 0.15) is 13.8 Å². The molecule has 0 rings (SSSR count). The zero-order chi connectivity index (χ0) is 14.2. The molecule has 18 heavy (non-hydrogen) atoms. The highest BCUT2D eigenvalue weighted by Gasteiger charge is 2.16. The van der Waals surface area contributed by atoms with Crippen LogP contribution in [0.3, 0.4) is 0 Å². The summed E-state index contributed by atoms with van der Waals surface area (Å²) in [6.07, 6.45) is 0.479. The van der Waals surface area contributed by atoms with E-state index in [9.17, 15) is 13.2 Å². The maximum absolute atomic E-state index is 11.2. The highest BCUT2D eigenvalue weighted by Crippen LogP contribution is 1.99. The molecule has 0 aromatic heterocycles. The average Bonchev–Trinajstić information content (AvgIpc) is 2.21. The second kappa shape index (κ2) is 8.41. The summed E-state index contributed by atoms with van der Waals surface area (Å²) in [6.45, 7) is 3.84. The van der Waals surface area contributed by atoms with Gasteiger partial charge in [-0.1, -0.05) is 0 Å². The maximum atomic E-state index is 11.2. The Morgan fingerprint density at radius 2 is 1.94 bits per heavy atom. The van der Waals surface area contributed by atoms with Crippen molar-refractivity contribution in [2.45, 2.75) is 26.1 Å². The van der Waals surface area contributed by atoms with Crippen molar-refractivity contribution < 1.29 is 22.7 Å². The maximum Gasteiger partial charge on any atom is 0.320 e. The van der Waals surface area contributed by atoms with Gasteiger partial charge in [-0.25, -0.2) is 13.1 Å². The van der Waals surface area contributed by atoms with E-state index in [4.69, 9.17) is 9.47 Å². The molecule has 0 saturated carbocycles. The number of esters is 1. The molecular weight excluding hydrogens is 260 g/mol. The van der Waals surface area contributed by atoms with Crippen molar-refractivity contribution in [3.63, 3.8) is 0 Å². The van der Waals surface area contributed by atoms with Crippen LogP contribution in [0.15, 0.2) is 0 Å². The first-order valence-corrected chi connectivity index (χ1v) is 7.54. The van der Waals surface area contributed by atoms with Gasteiger partial charge in [0, 0.05) is 6.54 Å². The molecule has 0 fully saturated rings. The number of ether oxygens (including phenoxy) is 2. The molecule has 0 unspecified atom stereocenters. The highest BCUT2D eigenvalue weighted by atomic mass is 32.2. The molecule has 0 aliphatic rings. The first-order chi connectivity index (χ1) is 8.24. The van der Waals surface area contributed by atoms with Crippen LogP contribution >= 0.6 is 0 Å². The Bertz CT molecular complexity index is 342. The van der Waals surface area contributed by atoms with Crippen LogP contribution in [0.25, 0.3) is 0 Å². The van der Waals surface area contributed by atoms with E-state index in [-0.39, 0.29) is 25.8 Å². The predicted molar refractivity (Wildman–Crippen MR) is 67.7 cm³/mol. The Hall–Kier alpha value is -0.700. The quantitative estimate of drug-likeness (QED) is 0.532. The lowest BCUT2D eigenvalue weighted by atomic mass is 10.3. The monoisotopic (exact) mass is 282 g/mol. The molecule has 8 heteroatoms. The SMILES string of the molecule is CNCC(=O)OC[C@H](CNS(C)(=O)=O)OC(C)C. The van der Waals surface area contributed by atoms with Gasteiger partial charge in [-0.15, -0.1) is 0 Å². The standard InChI is InChI=1S/C10H22N2O5S/c1-8(2)17-9(5-12-18(4,14)15)7-16-10(13)6-11-3/h8-9,11-12H,5-7H2,1-4H3/t9-/m0/s1. The Kier molecular flexibility index (Phi) is 8.08. The van der Waals surface area contributed by atoms with Crippen LogP contribution in [0.5, 0.6) is 0 Å². The summed E-state index contributed by atoms with van der Waals surface area (Å²) >= 11 is 0. The van der Waals surface area contributed by atoms with Gasteiger partial charge in [-0.3, -0.25) is 4.79 Å². The van der Waals surface area contributed by atoms with Gasteiger partial charge < -0.3 is 14.8 Å². The molecule has 0 aromatic rings. The third kappa shape index (κ3) is 10.5. The molecule has 0 aromatic carbocycles. The third-order valence-corrected chi connectivity index (χ3v) is 2.48. The van der Waals surface area contributed by atoms with Crippen LogP contribution in [-0.4, -0.2) is 59.6 Å². The number of rotatable bonds is 9. The zero-order valence-electron chi connectivity index (χ0n) is 11.2. The minimum absolute atomic E-state index is 0.0151. The molecule has 0 amide bonds. The van der Waals surface area contributed by atoms with E-state index in [1.54, 1.807) is 7.05 Å². The summed E-state index contributed by atoms with van der Waals surface area (Å²) in [4.78, 5) is 11.2. The summed E-state index contributed by atoms with van der Waals surface area (Å²) < 4.78 is 34.7. The molecule has 2 N–H and O–H groups in total. The Balaban J connectivity index is 4.18. The Labute approximate surface area is 108 Å². The molecule has 1 atom stereocenters. The normalized spacial score (nSPS) is 13.6. The minimum atomic E-state index is -3.29. The smallest absolute Gasteiger partial charge is 0.320 e. The van der Waals surface area contributed by atoms with Gasteiger partial charge in [-0.05, 0) is 20.9 Å². The van der Waals surface area contributed by atoms with Crippen molar-refractivity contribution in [1.82, 2.24) is 10.0 Å². The molecular formula is C10H22N2O5S. The number of nitrogens with one attached hydrogen (secondary N) is 2. The molecule has 0 aliphatic heterocycles. The Morgan fingerprint density at radius 3 is 2.39 bits per heavy atom. The van der Waals surface area contributed by atoms with Gasteiger partial charge in [0.25, 0.3) is 0 Å². The molecule has 0 radical (unpaired) electrons. The molecule has 0 aliphatic carbocycles. The highest BCUT2D eigenvalue weighted by molar-refractivity contribution is 7.88. The lowest BCUT2D eigenvalue weighted by Gasteiger charge is -2.20. The molecule has 0 saturated heterocycles. The molecule has 0 bridgehead atoms. The number of likely N-dealkylation sites (N-methyl/N-ethyl adjacent to an activating group) is 1. The number of hydrogen-bond acceptors (Lipinski definition) is 6. The van der Waals surface area contributed by atoms with Crippen LogP contribution < -0.4 is 10.0 Å². The van der Waals surface area contributed by atoms with Crippen molar-refractivity contribution in [3.05, 3.63) is 0 Å². The summed E-state index contributed by atoms with van der Waals surface area (Å²) in [5.74, 6) is -0.408. The minimum Gasteiger partial charge on any atom is -0.462 e. The van der Waals surface area contributed by atoms with Gasteiger partial charge in [0.05, 0.1) is 18.9 Å². The second-order valence-corrected chi connectivity index (χ2v) is 5.97. The molecule has 7 nitrogen and oxygen atoms in total. The number of carbonyl (C=O) groups excluding carboxylic acids is 1. The molecule has 108 valence electrons. The first-order valence-electron chi connectivity index (χ1n) is 5.65. The average molecular weight is 282 g/mol. The van der Waals surface area contributed by atoms with Crippen molar-refractivity contribution in [2.75, 3.05) is 33.0 Å². The fraction of sp³-hybridized carbons (Fsp3) is 0.900. The fourth-order valence-electron chi connectivity index (χ4n) is 1.16. The summed E-state index contributed by atoms with van der Waals surface area (Å²) in [7, 11) is -1.65. The topological polar surface area (TPSA) is 93.7 Å². The van der Waals surface area contributed by atoms with Crippen molar-refractivity contribution in [3.8, 4) is 0 Å². The number of hydrogen-bond donors (Lipinski definition) is 2. The van der Waals surface area contributed by atoms with E-state index >= 15 is 0 Å². The van der Waals surface area contributed by atoms with Gasteiger partial charge >= 0.3 is 5.97 Å². The first kappa shape index (κ1) is 17.3. The summed E-state index contributed by atoms with van der Waals surface area (Å²) in [5.41, 5.74) is 0. The second-order valence-electron chi connectivity index (χ2n) is 4.14. The predicted octanol–water partition coefficient (Wildman–Crippen LogP) is -0.908. The van der Waals surface area contributed by atoms with Crippen molar-refractivity contribution >= 4 is 16.0 Å². The van der Waals surface area contributed by atoms with Gasteiger partial charge in [0.1, 0.15) is 12.7 Å². The fourth-order valence-corrected chi connectivity index (χ4v) is 1.65. The summed E-state index contributed by atoms with van der Waals surface area (Å²) in [6, 6.07) is 0. The van der Waals surface area contributed by atoms with Gasteiger partial charge in [0.2, 0.25) is 10.0 Å². The Morgan fingerprint density at radius 1 is 1.33 bits per heavy atom. The van der Waals surface area contributed by atoms with Crippen LogP contribution in [0.2, 0.25) is 0 Å². The number of carbonyl (C=O) groups is 1. The van der Waals surface area contributed by atoms with E-state index in [2.05, 4.69) is 10.0 Å². The van der Waals surface area contributed by atoms with Crippen molar-refractivity contribution in [1.29, 1.82) is 0 Å². The number of sulfonamides is 1. The van der Waals surface area contributed by atoms with Gasteiger partial charge in [-0.2, -0.15) is 0 Å². The van der Waals surface area contributed by atoms with Crippen LogP contribution in [0, 0.1) is 0 Å². The van der Waals surface area contributed by atoms with Gasteiger partial charge in [0.15, 0.2) is 0 Å². The van der Waals surface area contributed by atoms with Crippen molar-refractivity contribution in [2.24, 2.45) is 0 Å². The molecule has 0 spiro atoms. The van der Waals surface area contributed by atoms with E-state index < -0.39 is 22.1 Å². The largest absolute Gasteiger partial charge is 0.462 e. The molecule has 0 heterocycles. The van der Waals surface area contributed by atoms with Crippen LogP contribution in [-0.2, 0) is 24.3 Å². The third-order valence-electron chi connectivity index (χ3n) is 1.79. The van der Waals surface area contributed by atoms with E-state index in [0.29, 0.717) is 0 Å². The van der Waals surface area contributed by atoms with E-state index in [1.165, 1.54) is 0 Å².